The number of carbonyl (C=O) groups excluding carboxylic acids is 1. The van der Waals surface area contributed by atoms with Gasteiger partial charge in [-0.25, -0.2) is 10.0 Å². The second-order valence-corrected chi connectivity index (χ2v) is 5.44. The highest BCUT2D eigenvalue weighted by molar-refractivity contribution is 6.13. The van der Waals surface area contributed by atoms with Crippen LogP contribution >= 0.6 is 0 Å². The first-order valence-corrected chi connectivity index (χ1v) is 7.64. The summed E-state index contributed by atoms with van der Waals surface area (Å²) in [5.41, 5.74) is 2.10. The Morgan fingerprint density at radius 1 is 1.04 bits per heavy atom. The van der Waals surface area contributed by atoms with Crippen LogP contribution in [0, 0.1) is 0 Å². The van der Waals surface area contributed by atoms with Crippen LogP contribution in [0.5, 0.6) is 5.75 Å². The summed E-state index contributed by atoms with van der Waals surface area (Å²) < 4.78 is 5.16. The summed E-state index contributed by atoms with van der Waals surface area (Å²) in [7, 11) is 3.45. The highest BCUT2D eigenvalue weighted by Crippen LogP contribution is 2.24. The number of aliphatic imine (C=N–C) groups is 1. The van der Waals surface area contributed by atoms with Gasteiger partial charge in [-0.05, 0) is 42.8 Å². The van der Waals surface area contributed by atoms with Gasteiger partial charge in [0.1, 0.15) is 17.3 Å². The highest BCUT2D eigenvalue weighted by Gasteiger charge is 2.29. The number of amides is 1. The van der Waals surface area contributed by atoms with Crippen LogP contribution in [0.1, 0.15) is 12.5 Å². The van der Waals surface area contributed by atoms with Gasteiger partial charge < -0.3 is 4.74 Å². The molecule has 5 heteroatoms. The minimum Gasteiger partial charge on any atom is -0.497 e. The largest absolute Gasteiger partial charge is 0.497 e. The maximum Gasteiger partial charge on any atom is 0.295 e. The van der Waals surface area contributed by atoms with Gasteiger partial charge in [0.25, 0.3) is 5.91 Å². The molecule has 0 aromatic heterocycles. The zero-order valence-electron chi connectivity index (χ0n) is 13.9. The van der Waals surface area contributed by atoms with E-state index in [1.807, 2.05) is 68.6 Å². The molecule has 1 aliphatic rings. The van der Waals surface area contributed by atoms with E-state index in [-0.39, 0.29) is 5.91 Å². The Kier molecular flexibility index (Phi) is 4.33. The number of para-hydroxylation sites is 1. The third kappa shape index (κ3) is 3.01. The van der Waals surface area contributed by atoms with E-state index in [2.05, 4.69) is 4.99 Å². The summed E-state index contributed by atoms with van der Waals surface area (Å²) in [4.78, 5) is 17.3. The average molecular weight is 321 g/mol. The fourth-order valence-electron chi connectivity index (χ4n) is 2.50. The van der Waals surface area contributed by atoms with Crippen LogP contribution in [0.3, 0.4) is 0 Å². The Hall–Kier alpha value is -3.08. The van der Waals surface area contributed by atoms with Crippen LogP contribution in [0.25, 0.3) is 6.08 Å². The van der Waals surface area contributed by atoms with Crippen LogP contribution in [-0.4, -0.2) is 30.9 Å². The Bertz CT molecular complexity index is 795. The van der Waals surface area contributed by atoms with E-state index in [0.29, 0.717) is 5.70 Å². The molecule has 0 saturated heterocycles. The number of anilines is 1. The van der Waals surface area contributed by atoms with Crippen molar-refractivity contribution in [1.82, 2.24) is 5.01 Å². The topological polar surface area (TPSA) is 45.1 Å². The van der Waals surface area contributed by atoms with Crippen LogP contribution in [-0.2, 0) is 4.79 Å². The molecule has 0 aliphatic carbocycles. The van der Waals surface area contributed by atoms with Crippen molar-refractivity contribution < 1.29 is 9.53 Å². The van der Waals surface area contributed by atoms with Crippen molar-refractivity contribution >= 4 is 23.5 Å². The number of methoxy groups -OCH3 is 1. The molecule has 2 aromatic carbocycles. The molecule has 0 fully saturated rings. The van der Waals surface area contributed by atoms with E-state index < -0.39 is 0 Å². The fourth-order valence-corrected chi connectivity index (χ4v) is 2.50. The Labute approximate surface area is 141 Å². The number of hydrogen-bond acceptors (Lipinski definition) is 4. The lowest BCUT2D eigenvalue weighted by Crippen LogP contribution is -2.50. The molecular weight excluding hydrogens is 302 g/mol. The standard InChI is InChI=1S/C19H19N3O2/c1-14-20-18(13-15-9-11-17(24-3)12-10-15)19(23)22(21(14)2)16-7-5-4-6-8-16/h4-13H,1-3H3. The average Bonchev–Trinajstić information content (AvgIpc) is 2.61. The minimum atomic E-state index is -0.162. The van der Waals surface area contributed by atoms with Crippen molar-refractivity contribution in [2.24, 2.45) is 4.99 Å². The van der Waals surface area contributed by atoms with Crippen molar-refractivity contribution in [2.75, 3.05) is 19.2 Å². The van der Waals surface area contributed by atoms with E-state index in [9.17, 15) is 4.79 Å². The molecule has 0 unspecified atom stereocenters. The van der Waals surface area contributed by atoms with Gasteiger partial charge in [-0.2, -0.15) is 0 Å². The van der Waals surface area contributed by atoms with Crippen LogP contribution < -0.4 is 9.75 Å². The molecule has 24 heavy (non-hydrogen) atoms. The van der Waals surface area contributed by atoms with Crippen molar-refractivity contribution in [3.63, 3.8) is 0 Å². The molecule has 0 bridgehead atoms. The molecule has 122 valence electrons. The van der Waals surface area contributed by atoms with Crippen molar-refractivity contribution in [3.8, 4) is 5.75 Å². The molecule has 0 N–H and O–H groups in total. The van der Waals surface area contributed by atoms with Gasteiger partial charge in [-0.15, -0.1) is 0 Å². The number of amidine groups is 1. The SMILES string of the molecule is COc1ccc(C=C2N=C(C)N(C)N(c3ccccc3)C2=O)cc1. The van der Waals surface area contributed by atoms with Crippen molar-refractivity contribution in [1.29, 1.82) is 0 Å². The number of nitrogens with zero attached hydrogens (tertiary/aromatic N) is 3. The number of hydrogen-bond donors (Lipinski definition) is 0. The van der Waals surface area contributed by atoms with Gasteiger partial charge in [0.15, 0.2) is 0 Å². The number of carbonyl (C=O) groups is 1. The van der Waals surface area contributed by atoms with E-state index in [4.69, 9.17) is 4.74 Å². The summed E-state index contributed by atoms with van der Waals surface area (Å²) in [6.45, 7) is 1.88. The molecule has 0 spiro atoms. The van der Waals surface area contributed by atoms with Crippen LogP contribution in [0.2, 0.25) is 0 Å². The normalized spacial score (nSPS) is 16.4. The molecule has 0 radical (unpaired) electrons. The summed E-state index contributed by atoms with van der Waals surface area (Å²) in [6.07, 6.45) is 1.79. The first-order chi connectivity index (χ1) is 11.6. The Morgan fingerprint density at radius 3 is 2.33 bits per heavy atom. The van der Waals surface area contributed by atoms with Gasteiger partial charge >= 0.3 is 0 Å². The number of hydrazine groups is 1. The Balaban J connectivity index is 1.98. The van der Waals surface area contributed by atoms with E-state index in [0.717, 1.165) is 22.8 Å². The van der Waals surface area contributed by atoms with Gasteiger partial charge in [0.2, 0.25) is 0 Å². The first-order valence-electron chi connectivity index (χ1n) is 7.64. The van der Waals surface area contributed by atoms with E-state index in [1.54, 1.807) is 23.2 Å². The lowest BCUT2D eigenvalue weighted by Gasteiger charge is -2.36. The summed E-state index contributed by atoms with van der Waals surface area (Å²) in [5, 5.41) is 3.38. The number of benzene rings is 2. The molecule has 0 saturated carbocycles. The molecule has 0 atom stereocenters. The molecule has 1 aliphatic heterocycles. The molecule has 2 aromatic rings. The monoisotopic (exact) mass is 321 g/mol. The van der Waals surface area contributed by atoms with Gasteiger partial charge in [-0.1, -0.05) is 30.3 Å². The minimum absolute atomic E-state index is 0.162. The highest BCUT2D eigenvalue weighted by atomic mass is 16.5. The van der Waals surface area contributed by atoms with E-state index >= 15 is 0 Å². The summed E-state index contributed by atoms with van der Waals surface area (Å²) in [6, 6.07) is 17.1. The fraction of sp³-hybridized carbons (Fsp3) is 0.158. The molecule has 1 amide bonds. The molecular formula is C19H19N3O2. The molecule has 3 rings (SSSR count). The maximum atomic E-state index is 12.9. The number of rotatable bonds is 3. The predicted molar refractivity (Wildman–Crippen MR) is 95.8 cm³/mol. The smallest absolute Gasteiger partial charge is 0.295 e. The second kappa shape index (κ2) is 6.58. The quantitative estimate of drug-likeness (QED) is 0.815. The predicted octanol–water partition coefficient (Wildman–Crippen LogP) is 3.35. The van der Waals surface area contributed by atoms with Gasteiger partial charge in [0, 0.05) is 7.05 Å². The third-order valence-electron chi connectivity index (χ3n) is 3.88. The molecule has 1 heterocycles. The van der Waals surface area contributed by atoms with Crippen LogP contribution in [0.15, 0.2) is 65.3 Å². The lowest BCUT2D eigenvalue weighted by atomic mass is 10.1. The second-order valence-electron chi connectivity index (χ2n) is 5.44. The number of ether oxygens (including phenoxy) is 1. The molecule has 5 nitrogen and oxygen atoms in total. The first kappa shape index (κ1) is 15.8. The third-order valence-corrected chi connectivity index (χ3v) is 3.88. The van der Waals surface area contributed by atoms with Crippen LogP contribution in [0.4, 0.5) is 5.69 Å². The van der Waals surface area contributed by atoms with Gasteiger partial charge in [0.05, 0.1) is 12.8 Å². The zero-order valence-corrected chi connectivity index (χ0v) is 13.9. The lowest BCUT2D eigenvalue weighted by molar-refractivity contribution is -0.117. The van der Waals surface area contributed by atoms with E-state index in [1.165, 1.54) is 0 Å². The summed E-state index contributed by atoms with van der Waals surface area (Å²) in [5.74, 6) is 1.36. The zero-order chi connectivity index (χ0) is 17.1. The summed E-state index contributed by atoms with van der Waals surface area (Å²) >= 11 is 0. The van der Waals surface area contributed by atoms with Crippen molar-refractivity contribution in [3.05, 3.63) is 65.9 Å². The maximum absolute atomic E-state index is 12.9. The Morgan fingerprint density at radius 2 is 1.71 bits per heavy atom. The van der Waals surface area contributed by atoms with Crippen molar-refractivity contribution in [2.45, 2.75) is 6.92 Å². The van der Waals surface area contributed by atoms with Gasteiger partial charge in [-0.3, -0.25) is 9.80 Å².